The van der Waals surface area contributed by atoms with Gasteiger partial charge in [0.05, 0.1) is 0 Å². The molecule has 0 aliphatic rings. The summed E-state index contributed by atoms with van der Waals surface area (Å²) in [4.78, 5) is 10.6. The normalized spacial score (nSPS) is 13.4. The molecule has 0 aliphatic carbocycles. The highest BCUT2D eigenvalue weighted by molar-refractivity contribution is 6.74. The van der Waals surface area contributed by atoms with E-state index in [1.54, 1.807) is 0 Å². The molecule has 0 rings (SSSR count). The fourth-order valence-electron chi connectivity index (χ4n) is 1.45. The lowest BCUT2D eigenvalue weighted by Gasteiger charge is -2.36. The molecule has 4 heteroatoms. The lowest BCUT2D eigenvalue weighted by atomic mass is 10.1. The molecule has 0 unspecified atom stereocenters. The molecule has 0 heterocycles. The fraction of sp³-hybridized carbons (Fsp3) is 0.812. The minimum absolute atomic E-state index is 0.225. The predicted molar refractivity (Wildman–Crippen MR) is 87.4 cm³/mol. The van der Waals surface area contributed by atoms with Crippen molar-refractivity contribution in [2.75, 3.05) is 13.2 Å². The van der Waals surface area contributed by atoms with Gasteiger partial charge < -0.3 is 9.16 Å². The molecule has 0 fully saturated rings. The van der Waals surface area contributed by atoms with Gasteiger partial charge in [0.25, 0.3) is 0 Å². The van der Waals surface area contributed by atoms with E-state index in [4.69, 9.17) is 9.16 Å². The van der Waals surface area contributed by atoms with Gasteiger partial charge in [0.2, 0.25) is 0 Å². The Morgan fingerprint density at radius 2 is 1.75 bits per heavy atom. The molecule has 0 aromatic rings. The first-order valence-electron chi connectivity index (χ1n) is 7.49. The predicted octanol–water partition coefficient (Wildman–Crippen LogP) is 4.69. The minimum Gasteiger partial charge on any atom is -0.462 e. The minimum atomic E-state index is -1.59. The van der Waals surface area contributed by atoms with Crippen molar-refractivity contribution in [1.82, 2.24) is 0 Å². The van der Waals surface area contributed by atoms with Crippen LogP contribution < -0.4 is 0 Å². The van der Waals surface area contributed by atoms with Crippen LogP contribution in [-0.4, -0.2) is 27.5 Å². The summed E-state index contributed by atoms with van der Waals surface area (Å²) in [7, 11) is -1.59. The summed E-state index contributed by atoms with van der Waals surface area (Å²) in [5.74, 6) is -0.225. The number of hydrogen-bond donors (Lipinski definition) is 0. The van der Waals surface area contributed by atoms with Crippen LogP contribution in [-0.2, 0) is 14.0 Å². The molecule has 0 aromatic heterocycles. The maximum atomic E-state index is 10.6. The van der Waals surface area contributed by atoms with E-state index < -0.39 is 8.32 Å². The highest BCUT2D eigenvalue weighted by Crippen LogP contribution is 2.36. The topological polar surface area (TPSA) is 35.5 Å². The summed E-state index contributed by atoms with van der Waals surface area (Å²) in [6.45, 7) is 16.1. The third kappa shape index (κ3) is 8.54. The van der Waals surface area contributed by atoms with E-state index in [1.165, 1.54) is 12.5 Å². The van der Waals surface area contributed by atoms with Gasteiger partial charge in [-0.2, -0.15) is 0 Å². The molecule has 0 aromatic carbocycles. The van der Waals surface area contributed by atoms with Crippen molar-refractivity contribution >= 4 is 14.3 Å². The Kier molecular flexibility index (Phi) is 8.36. The Balaban J connectivity index is 3.79. The van der Waals surface area contributed by atoms with Gasteiger partial charge in [-0.3, -0.25) is 4.79 Å². The molecule has 3 nitrogen and oxygen atoms in total. The largest absolute Gasteiger partial charge is 0.462 e. The van der Waals surface area contributed by atoms with Crippen LogP contribution in [0.25, 0.3) is 0 Å². The molecule has 0 N–H and O–H groups in total. The van der Waals surface area contributed by atoms with E-state index >= 15 is 0 Å². The summed E-state index contributed by atoms with van der Waals surface area (Å²) in [6, 6.07) is 0. The highest BCUT2D eigenvalue weighted by atomic mass is 28.4. The maximum Gasteiger partial charge on any atom is 0.302 e. The molecule has 0 atom stereocenters. The summed E-state index contributed by atoms with van der Waals surface area (Å²) >= 11 is 0. The van der Waals surface area contributed by atoms with Crippen LogP contribution in [0, 0.1) is 0 Å². The Hall–Kier alpha value is -0.613. The van der Waals surface area contributed by atoms with Gasteiger partial charge in [-0.05, 0) is 50.4 Å². The third-order valence-electron chi connectivity index (χ3n) is 3.95. The molecule has 0 saturated heterocycles. The van der Waals surface area contributed by atoms with Gasteiger partial charge in [0, 0.05) is 13.5 Å². The number of rotatable bonds is 8. The number of unbranched alkanes of at least 4 members (excludes halogenated alkanes) is 1. The number of esters is 1. The van der Waals surface area contributed by atoms with E-state index in [1.807, 2.05) is 6.08 Å². The zero-order chi connectivity index (χ0) is 15.8. The third-order valence-corrected chi connectivity index (χ3v) is 8.49. The maximum absolute atomic E-state index is 10.6. The molecule has 118 valence electrons. The summed E-state index contributed by atoms with van der Waals surface area (Å²) < 4.78 is 11.0. The molecule has 0 amide bonds. The van der Waals surface area contributed by atoms with Crippen LogP contribution in [0.2, 0.25) is 18.1 Å². The Bertz CT molecular complexity index is 327. The summed E-state index contributed by atoms with van der Waals surface area (Å²) in [6.07, 6.45) is 5.24. The summed E-state index contributed by atoms with van der Waals surface area (Å²) in [5.41, 5.74) is 1.28. The SMILES string of the molecule is CC(=O)OC/C=C(\C)CCCCO[Si](C)(C)C(C)(C)C. The van der Waals surface area contributed by atoms with Gasteiger partial charge in [-0.25, -0.2) is 0 Å². The van der Waals surface area contributed by atoms with Crippen molar-refractivity contribution in [3.8, 4) is 0 Å². The van der Waals surface area contributed by atoms with Crippen LogP contribution >= 0.6 is 0 Å². The Morgan fingerprint density at radius 1 is 1.15 bits per heavy atom. The molecular formula is C16H32O3Si. The molecule has 0 saturated carbocycles. The van der Waals surface area contributed by atoms with Crippen LogP contribution in [0.1, 0.15) is 53.9 Å². The molecule has 0 spiro atoms. The smallest absolute Gasteiger partial charge is 0.302 e. The van der Waals surface area contributed by atoms with Crippen molar-refractivity contribution in [3.05, 3.63) is 11.6 Å². The number of allylic oxidation sites excluding steroid dienone is 1. The van der Waals surface area contributed by atoms with Crippen molar-refractivity contribution in [2.24, 2.45) is 0 Å². The van der Waals surface area contributed by atoms with Gasteiger partial charge in [0.1, 0.15) is 6.61 Å². The number of carbonyl (C=O) groups excluding carboxylic acids is 1. The van der Waals surface area contributed by atoms with Crippen LogP contribution in [0.15, 0.2) is 11.6 Å². The highest BCUT2D eigenvalue weighted by Gasteiger charge is 2.36. The molecule has 0 radical (unpaired) electrons. The average molecular weight is 301 g/mol. The van der Waals surface area contributed by atoms with Gasteiger partial charge >= 0.3 is 5.97 Å². The van der Waals surface area contributed by atoms with E-state index in [0.29, 0.717) is 6.61 Å². The number of ether oxygens (including phenoxy) is 1. The fourth-order valence-corrected chi connectivity index (χ4v) is 2.54. The van der Waals surface area contributed by atoms with E-state index in [-0.39, 0.29) is 11.0 Å². The quantitative estimate of drug-likeness (QED) is 0.282. The van der Waals surface area contributed by atoms with Crippen molar-refractivity contribution < 1.29 is 14.0 Å². The van der Waals surface area contributed by atoms with Gasteiger partial charge in [-0.15, -0.1) is 0 Å². The standard InChI is InChI=1S/C16H32O3Si/c1-14(11-13-18-15(2)17)10-8-9-12-19-20(6,7)16(3,4)5/h11H,8-10,12-13H2,1-7H3/b14-11+. The van der Waals surface area contributed by atoms with E-state index in [9.17, 15) is 4.79 Å². The lowest BCUT2D eigenvalue weighted by molar-refractivity contribution is -0.139. The van der Waals surface area contributed by atoms with Crippen LogP contribution in [0.3, 0.4) is 0 Å². The monoisotopic (exact) mass is 300 g/mol. The number of hydrogen-bond acceptors (Lipinski definition) is 3. The van der Waals surface area contributed by atoms with E-state index in [2.05, 4.69) is 40.8 Å². The van der Waals surface area contributed by atoms with Crippen molar-refractivity contribution in [2.45, 2.75) is 72.0 Å². The van der Waals surface area contributed by atoms with Crippen LogP contribution in [0.5, 0.6) is 0 Å². The summed E-state index contributed by atoms with van der Waals surface area (Å²) in [5, 5.41) is 0.285. The van der Waals surface area contributed by atoms with Gasteiger partial charge in [0.15, 0.2) is 8.32 Å². The zero-order valence-corrected chi connectivity index (χ0v) is 15.3. The molecular weight excluding hydrogens is 268 g/mol. The molecule has 0 aliphatic heterocycles. The van der Waals surface area contributed by atoms with Crippen LogP contribution in [0.4, 0.5) is 0 Å². The van der Waals surface area contributed by atoms with Crippen molar-refractivity contribution in [1.29, 1.82) is 0 Å². The first kappa shape index (κ1) is 19.4. The number of carbonyl (C=O) groups is 1. The second kappa shape index (κ2) is 8.62. The molecule has 0 bridgehead atoms. The first-order chi connectivity index (χ1) is 9.06. The second-order valence-electron chi connectivity index (χ2n) is 6.92. The average Bonchev–Trinajstić information content (AvgIpc) is 2.26. The second-order valence-corrected chi connectivity index (χ2v) is 11.7. The van der Waals surface area contributed by atoms with Crippen molar-refractivity contribution in [3.63, 3.8) is 0 Å². The zero-order valence-electron chi connectivity index (χ0n) is 14.3. The Labute approximate surface area is 125 Å². The Morgan fingerprint density at radius 3 is 2.25 bits per heavy atom. The van der Waals surface area contributed by atoms with Gasteiger partial charge in [-0.1, -0.05) is 26.3 Å². The first-order valence-corrected chi connectivity index (χ1v) is 10.4. The lowest BCUT2D eigenvalue weighted by Crippen LogP contribution is -2.40. The molecule has 20 heavy (non-hydrogen) atoms. The van der Waals surface area contributed by atoms with E-state index in [0.717, 1.165) is 25.9 Å².